The highest BCUT2D eigenvalue weighted by Crippen LogP contribution is 2.28. The van der Waals surface area contributed by atoms with E-state index in [9.17, 15) is 19.8 Å². The van der Waals surface area contributed by atoms with Gasteiger partial charge in [-0.3, -0.25) is 9.59 Å². The van der Waals surface area contributed by atoms with Crippen molar-refractivity contribution in [3.63, 3.8) is 0 Å². The molecule has 0 saturated carbocycles. The summed E-state index contributed by atoms with van der Waals surface area (Å²) in [4.78, 5) is 24.3. The predicted molar refractivity (Wildman–Crippen MR) is 118 cm³/mol. The van der Waals surface area contributed by atoms with Crippen molar-refractivity contribution < 1.29 is 19.8 Å². The highest BCUT2D eigenvalue weighted by atomic mass is 16.3. The smallest absolute Gasteiger partial charge is 0.253 e. The molecule has 0 unspecified atom stereocenters. The molecule has 2 rings (SSSR count). The second kappa shape index (κ2) is 10.4. The summed E-state index contributed by atoms with van der Waals surface area (Å²) in [6.45, 7) is 4.43. The summed E-state index contributed by atoms with van der Waals surface area (Å²) in [6, 6.07) is 6.51. The Hall–Kier alpha value is -3.42. The number of carbonyl (C=O) groups excluding carboxylic acids is 2. The standard InChI is InChI=1S/C22H30N4O4/c1-13-7-9-15(17(23)19(13)27)21(29)25-11-5-3-4-6-12-26-22(30)16-10-8-14(2)20(28)18(16)24/h7-10,27-28H,3-6,11-12,23-24H2,1-2H3,(H,25,29)(H,26,30). The first-order chi connectivity index (χ1) is 14.2. The zero-order chi connectivity index (χ0) is 22.3. The number of anilines is 2. The molecular formula is C22H30N4O4. The second-order valence-corrected chi connectivity index (χ2v) is 7.31. The molecule has 2 amide bonds. The van der Waals surface area contributed by atoms with Crippen LogP contribution in [0.5, 0.6) is 11.5 Å². The van der Waals surface area contributed by atoms with E-state index in [2.05, 4.69) is 10.6 Å². The highest BCUT2D eigenvalue weighted by molar-refractivity contribution is 6.01. The van der Waals surface area contributed by atoms with Gasteiger partial charge in [0.15, 0.2) is 0 Å². The fourth-order valence-electron chi connectivity index (χ4n) is 3.03. The molecule has 8 N–H and O–H groups in total. The first-order valence-corrected chi connectivity index (χ1v) is 9.96. The zero-order valence-electron chi connectivity index (χ0n) is 17.4. The summed E-state index contributed by atoms with van der Waals surface area (Å²) in [5.74, 6) is -0.748. The monoisotopic (exact) mass is 414 g/mol. The van der Waals surface area contributed by atoms with E-state index in [1.807, 2.05) is 0 Å². The maximum Gasteiger partial charge on any atom is 0.253 e. The third-order valence-corrected chi connectivity index (χ3v) is 5.00. The number of aryl methyl sites for hydroxylation is 2. The Morgan fingerprint density at radius 1 is 0.733 bits per heavy atom. The van der Waals surface area contributed by atoms with Crippen molar-refractivity contribution in [2.24, 2.45) is 0 Å². The van der Waals surface area contributed by atoms with Gasteiger partial charge in [-0.05, 0) is 49.9 Å². The molecule has 8 heteroatoms. The molecule has 8 nitrogen and oxygen atoms in total. The van der Waals surface area contributed by atoms with Gasteiger partial charge in [-0.1, -0.05) is 25.0 Å². The van der Waals surface area contributed by atoms with Gasteiger partial charge < -0.3 is 32.3 Å². The van der Waals surface area contributed by atoms with E-state index in [1.54, 1.807) is 38.1 Å². The number of nitrogens with two attached hydrogens (primary N) is 2. The van der Waals surface area contributed by atoms with Crippen LogP contribution in [0.25, 0.3) is 0 Å². The van der Waals surface area contributed by atoms with Gasteiger partial charge in [0.25, 0.3) is 11.8 Å². The molecule has 0 aliphatic heterocycles. The van der Waals surface area contributed by atoms with Gasteiger partial charge in [0, 0.05) is 13.1 Å². The molecule has 0 fully saturated rings. The van der Waals surface area contributed by atoms with E-state index >= 15 is 0 Å². The lowest BCUT2D eigenvalue weighted by atomic mass is 10.1. The number of unbranched alkanes of at least 4 members (excludes halogenated alkanes) is 3. The Balaban J connectivity index is 1.64. The van der Waals surface area contributed by atoms with Gasteiger partial charge in [-0.2, -0.15) is 0 Å². The van der Waals surface area contributed by atoms with Crippen LogP contribution >= 0.6 is 0 Å². The van der Waals surface area contributed by atoms with E-state index in [-0.39, 0.29) is 45.8 Å². The predicted octanol–water partition coefficient (Wildman–Crippen LogP) is 2.60. The average Bonchev–Trinajstić information content (AvgIpc) is 2.72. The first-order valence-electron chi connectivity index (χ1n) is 9.96. The summed E-state index contributed by atoms with van der Waals surface area (Å²) in [6.07, 6.45) is 3.35. The normalized spacial score (nSPS) is 10.6. The lowest BCUT2D eigenvalue weighted by molar-refractivity contribution is 0.0944. The molecule has 0 aromatic heterocycles. The number of benzene rings is 2. The first kappa shape index (κ1) is 22.9. The molecule has 0 heterocycles. The minimum atomic E-state index is -0.311. The van der Waals surface area contributed by atoms with Gasteiger partial charge in [0.05, 0.1) is 22.5 Å². The van der Waals surface area contributed by atoms with E-state index in [1.165, 1.54) is 0 Å². The largest absolute Gasteiger partial charge is 0.505 e. The molecule has 0 aliphatic rings. The lowest BCUT2D eigenvalue weighted by Gasteiger charge is -2.11. The van der Waals surface area contributed by atoms with Crippen molar-refractivity contribution in [3.05, 3.63) is 46.5 Å². The van der Waals surface area contributed by atoms with Crippen molar-refractivity contribution in [2.45, 2.75) is 39.5 Å². The molecule has 0 bridgehead atoms. The summed E-state index contributed by atoms with van der Waals surface area (Å²) in [5, 5.41) is 25.2. The van der Waals surface area contributed by atoms with Crippen LogP contribution in [0.3, 0.4) is 0 Å². The number of hydrogen-bond donors (Lipinski definition) is 6. The minimum absolute atomic E-state index is 0.0627. The van der Waals surface area contributed by atoms with Crippen LogP contribution in [0.4, 0.5) is 11.4 Å². The number of amides is 2. The number of hydrogen-bond acceptors (Lipinski definition) is 6. The number of phenolic OH excluding ortho intramolecular Hbond substituents is 2. The summed E-state index contributed by atoms with van der Waals surface area (Å²) in [7, 11) is 0. The third-order valence-electron chi connectivity index (χ3n) is 5.00. The van der Waals surface area contributed by atoms with Crippen LogP contribution in [-0.4, -0.2) is 35.1 Å². The Morgan fingerprint density at radius 2 is 1.10 bits per heavy atom. The Morgan fingerprint density at radius 3 is 1.47 bits per heavy atom. The molecule has 2 aromatic carbocycles. The molecular weight excluding hydrogens is 384 g/mol. The van der Waals surface area contributed by atoms with Crippen molar-refractivity contribution in [2.75, 3.05) is 24.6 Å². The fourth-order valence-corrected chi connectivity index (χ4v) is 3.03. The van der Waals surface area contributed by atoms with E-state index < -0.39 is 0 Å². The van der Waals surface area contributed by atoms with Crippen LogP contribution in [0.15, 0.2) is 24.3 Å². The number of carbonyl (C=O) groups is 2. The van der Waals surface area contributed by atoms with Crippen LogP contribution in [-0.2, 0) is 0 Å². The topological polar surface area (TPSA) is 151 Å². The number of nitrogens with one attached hydrogen (secondary N) is 2. The molecule has 2 aromatic rings. The number of phenols is 2. The van der Waals surface area contributed by atoms with Gasteiger partial charge in [0.2, 0.25) is 0 Å². The minimum Gasteiger partial charge on any atom is -0.505 e. The Labute approximate surface area is 176 Å². The second-order valence-electron chi connectivity index (χ2n) is 7.31. The molecule has 0 aliphatic carbocycles. The molecule has 0 radical (unpaired) electrons. The molecule has 162 valence electrons. The molecule has 30 heavy (non-hydrogen) atoms. The van der Waals surface area contributed by atoms with E-state index in [4.69, 9.17) is 11.5 Å². The number of rotatable bonds is 9. The lowest BCUT2D eigenvalue weighted by Crippen LogP contribution is -2.26. The van der Waals surface area contributed by atoms with Crippen LogP contribution < -0.4 is 22.1 Å². The van der Waals surface area contributed by atoms with E-state index in [0.717, 1.165) is 25.7 Å². The molecule has 0 saturated heterocycles. The summed E-state index contributed by atoms with van der Waals surface area (Å²) in [5.41, 5.74) is 13.5. The summed E-state index contributed by atoms with van der Waals surface area (Å²) >= 11 is 0. The third kappa shape index (κ3) is 5.56. The van der Waals surface area contributed by atoms with E-state index in [0.29, 0.717) is 24.2 Å². The fraction of sp³-hybridized carbons (Fsp3) is 0.364. The van der Waals surface area contributed by atoms with Crippen LogP contribution in [0, 0.1) is 13.8 Å². The molecule has 0 spiro atoms. The van der Waals surface area contributed by atoms with Crippen molar-refractivity contribution in [3.8, 4) is 11.5 Å². The van der Waals surface area contributed by atoms with Gasteiger partial charge in [-0.25, -0.2) is 0 Å². The maximum absolute atomic E-state index is 12.2. The van der Waals surface area contributed by atoms with Gasteiger partial charge >= 0.3 is 0 Å². The zero-order valence-corrected chi connectivity index (χ0v) is 17.4. The van der Waals surface area contributed by atoms with Crippen molar-refractivity contribution >= 4 is 23.2 Å². The highest BCUT2D eigenvalue weighted by Gasteiger charge is 2.14. The molecule has 0 atom stereocenters. The summed E-state index contributed by atoms with van der Waals surface area (Å²) < 4.78 is 0. The van der Waals surface area contributed by atoms with Crippen molar-refractivity contribution in [1.82, 2.24) is 10.6 Å². The van der Waals surface area contributed by atoms with Crippen LogP contribution in [0.1, 0.15) is 57.5 Å². The number of aromatic hydroxyl groups is 2. The Bertz CT molecular complexity index is 852. The van der Waals surface area contributed by atoms with Gasteiger partial charge in [-0.15, -0.1) is 0 Å². The maximum atomic E-state index is 12.2. The van der Waals surface area contributed by atoms with Crippen LogP contribution in [0.2, 0.25) is 0 Å². The van der Waals surface area contributed by atoms with Gasteiger partial charge in [0.1, 0.15) is 11.5 Å². The number of nitrogen functional groups attached to an aromatic ring is 2. The van der Waals surface area contributed by atoms with Crippen molar-refractivity contribution in [1.29, 1.82) is 0 Å². The SMILES string of the molecule is Cc1ccc(C(=O)NCCCCCCNC(=O)c2ccc(C)c(O)c2N)c(N)c1O. The quantitative estimate of drug-likeness (QED) is 0.211. The Kier molecular flexibility index (Phi) is 7.91. The average molecular weight is 415 g/mol.